The maximum atomic E-state index is 12.8. The molecule has 0 bridgehead atoms. The Morgan fingerprint density at radius 1 is 0.284 bits per heavy atom. The van der Waals surface area contributed by atoms with Gasteiger partial charge in [-0.25, -0.2) is 0 Å². The number of hydrogen-bond donors (Lipinski definition) is 0. The highest BCUT2D eigenvalue weighted by molar-refractivity contribution is 5.71. The third-order valence-corrected chi connectivity index (χ3v) is 14.0. The Labute approximate surface area is 459 Å². The van der Waals surface area contributed by atoms with Crippen LogP contribution < -0.4 is 0 Å². The van der Waals surface area contributed by atoms with E-state index in [4.69, 9.17) is 14.2 Å². The summed E-state index contributed by atoms with van der Waals surface area (Å²) in [5, 5.41) is 0. The van der Waals surface area contributed by atoms with Gasteiger partial charge in [0.2, 0.25) is 0 Å². The minimum Gasteiger partial charge on any atom is -0.462 e. The maximum absolute atomic E-state index is 12.8. The third-order valence-electron chi connectivity index (χ3n) is 14.0. The van der Waals surface area contributed by atoms with Crippen LogP contribution in [0.1, 0.15) is 323 Å². The molecule has 0 aliphatic rings. The van der Waals surface area contributed by atoms with Crippen LogP contribution in [-0.2, 0) is 28.6 Å². The fraction of sp³-hybridized carbons (Fsp3) is 0.779. The van der Waals surface area contributed by atoms with Gasteiger partial charge in [-0.05, 0) is 57.8 Å². The van der Waals surface area contributed by atoms with E-state index >= 15 is 0 Å². The molecule has 0 radical (unpaired) electrons. The topological polar surface area (TPSA) is 78.9 Å². The molecule has 0 aromatic rings. The van der Waals surface area contributed by atoms with Gasteiger partial charge in [-0.15, -0.1) is 0 Å². The van der Waals surface area contributed by atoms with Crippen LogP contribution >= 0.6 is 0 Å². The highest BCUT2D eigenvalue weighted by Crippen LogP contribution is 2.17. The summed E-state index contributed by atoms with van der Waals surface area (Å²) in [5.74, 6) is -0.971. The molecule has 0 aromatic carbocycles. The molecular weight excluding hydrogens is 913 g/mol. The molecule has 0 saturated heterocycles. The standard InChI is InChI=1S/C68H120O6/c1-4-7-10-13-16-19-22-25-27-29-31-32-33-34-35-36-38-39-41-43-46-49-52-55-58-61-67(70)73-64-65(63-72-66(69)60-57-54-51-48-45-24-21-18-15-12-9-6-3)74-68(71)62-59-56-53-50-47-44-42-40-37-30-28-26-23-20-17-14-11-8-5-2/h8,11,17,20,26,28,37,40,44,47,53,56,65H,4-7,9-10,12-16,18-19,21-25,27,29-36,38-39,41-43,45-46,48-52,54-55,57-64H2,1-3H3/b11-8-,20-17-,28-26-,40-37-,47-44-,56-53-. The van der Waals surface area contributed by atoms with E-state index in [0.29, 0.717) is 19.3 Å². The molecule has 0 aliphatic heterocycles. The van der Waals surface area contributed by atoms with Gasteiger partial charge in [0.15, 0.2) is 6.10 Å². The molecule has 1 atom stereocenters. The van der Waals surface area contributed by atoms with Crippen molar-refractivity contribution < 1.29 is 28.6 Å². The number of unbranched alkanes of at least 4 members (excludes halogenated alkanes) is 35. The van der Waals surface area contributed by atoms with Gasteiger partial charge in [0.1, 0.15) is 13.2 Å². The smallest absolute Gasteiger partial charge is 0.306 e. The molecule has 0 rings (SSSR count). The van der Waals surface area contributed by atoms with E-state index in [0.717, 1.165) is 77.0 Å². The predicted octanol–water partition coefficient (Wildman–Crippen LogP) is 21.7. The number of carbonyl (C=O) groups is 3. The Bertz CT molecular complexity index is 1370. The number of ether oxygens (including phenoxy) is 3. The second-order valence-electron chi connectivity index (χ2n) is 21.3. The number of hydrogen-bond acceptors (Lipinski definition) is 6. The molecule has 0 heterocycles. The lowest BCUT2D eigenvalue weighted by Crippen LogP contribution is -2.30. The fourth-order valence-electron chi connectivity index (χ4n) is 9.24. The highest BCUT2D eigenvalue weighted by atomic mass is 16.6. The zero-order valence-electron chi connectivity index (χ0n) is 49.1. The summed E-state index contributed by atoms with van der Waals surface area (Å²) < 4.78 is 16.8. The summed E-state index contributed by atoms with van der Waals surface area (Å²) >= 11 is 0. The van der Waals surface area contributed by atoms with Crippen molar-refractivity contribution in [3.63, 3.8) is 0 Å². The average Bonchev–Trinajstić information content (AvgIpc) is 3.40. The van der Waals surface area contributed by atoms with Crippen LogP contribution in [0.5, 0.6) is 0 Å². The Balaban J connectivity index is 4.33. The lowest BCUT2D eigenvalue weighted by atomic mass is 10.0. The third kappa shape index (κ3) is 59.7. The van der Waals surface area contributed by atoms with Gasteiger partial charge in [0.05, 0.1) is 0 Å². The van der Waals surface area contributed by atoms with Crippen LogP contribution in [0.15, 0.2) is 72.9 Å². The minimum absolute atomic E-state index is 0.101. The Hall–Kier alpha value is -3.15. The number of esters is 3. The van der Waals surface area contributed by atoms with Crippen molar-refractivity contribution in [3.8, 4) is 0 Å². The summed E-state index contributed by atoms with van der Waals surface area (Å²) in [6.45, 7) is 6.50. The lowest BCUT2D eigenvalue weighted by molar-refractivity contribution is -0.166. The van der Waals surface area contributed by atoms with Gasteiger partial charge in [-0.2, -0.15) is 0 Å². The van der Waals surface area contributed by atoms with Gasteiger partial charge in [-0.1, -0.05) is 318 Å². The normalized spacial score (nSPS) is 12.5. The second kappa shape index (κ2) is 62.4. The van der Waals surface area contributed by atoms with Crippen molar-refractivity contribution in [3.05, 3.63) is 72.9 Å². The SMILES string of the molecule is CC/C=C\C/C=C\C/C=C\C/C=C\C/C=C\C/C=C\CCC(=O)OC(COC(=O)CCCCCCCCCCCCCC)COC(=O)CCCCCCCCCCCCCCCCCCCCCCCCCCC. The van der Waals surface area contributed by atoms with Gasteiger partial charge in [0.25, 0.3) is 0 Å². The molecule has 0 saturated carbocycles. The monoisotopic (exact) mass is 1030 g/mol. The number of rotatable bonds is 58. The zero-order valence-corrected chi connectivity index (χ0v) is 49.1. The average molecular weight is 1030 g/mol. The second-order valence-corrected chi connectivity index (χ2v) is 21.3. The highest BCUT2D eigenvalue weighted by Gasteiger charge is 2.19. The van der Waals surface area contributed by atoms with Gasteiger partial charge >= 0.3 is 17.9 Å². The molecule has 1 unspecified atom stereocenters. The Morgan fingerprint density at radius 3 is 0.797 bits per heavy atom. The first-order valence-corrected chi connectivity index (χ1v) is 31.9. The molecule has 428 valence electrons. The minimum atomic E-state index is -0.813. The van der Waals surface area contributed by atoms with Gasteiger partial charge in [0, 0.05) is 19.3 Å². The quantitative estimate of drug-likeness (QED) is 0.0261. The van der Waals surface area contributed by atoms with Crippen LogP contribution in [-0.4, -0.2) is 37.2 Å². The molecule has 74 heavy (non-hydrogen) atoms. The van der Waals surface area contributed by atoms with E-state index in [9.17, 15) is 14.4 Å². The first kappa shape index (κ1) is 70.8. The first-order chi connectivity index (χ1) is 36.5. The Morgan fingerprint density at radius 2 is 0.527 bits per heavy atom. The summed E-state index contributed by atoms with van der Waals surface area (Å²) in [4.78, 5) is 38.2. The molecule has 0 N–H and O–H groups in total. The van der Waals surface area contributed by atoms with Crippen LogP contribution in [0.3, 0.4) is 0 Å². The van der Waals surface area contributed by atoms with Gasteiger partial charge < -0.3 is 14.2 Å². The van der Waals surface area contributed by atoms with Crippen molar-refractivity contribution in [2.24, 2.45) is 0 Å². The van der Waals surface area contributed by atoms with Crippen LogP contribution in [0, 0.1) is 0 Å². The van der Waals surface area contributed by atoms with Crippen molar-refractivity contribution in [2.45, 2.75) is 329 Å². The molecule has 0 aromatic heterocycles. The summed E-state index contributed by atoms with van der Waals surface area (Å²) in [7, 11) is 0. The largest absolute Gasteiger partial charge is 0.462 e. The molecule has 0 fully saturated rings. The van der Waals surface area contributed by atoms with E-state index in [2.05, 4.69) is 87.6 Å². The van der Waals surface area contributed by atoms with E-state index < -0.39 is 6.10 Å². The van der Waals surface area contributed by atoms with E-state index in [1.165, 1.54) is 199 Å². The van der Waals surface area contributed by atoms with Crippen LogP contribution in [0.2, 0.25) is 0 Å². The molecule has 0 amide bonds. The van der Waals surface area contributed by atoms with E-state index in [1.807, 2.05) is 6.08 Å². The zero-order chi connectivity index (χ0) is 53.6. The molecule has 0 spiro atoms. The van der Waals surface area contributed by atoms with Crippen molar-refractivity contribution >= 4 is 17.9 Å². The summed E-state index contributed by atoms with van der Waals surface area (Å²) in [5.41, 5.74) is 0. The molecular formula is C68H120O6. The Kier molecular flexibility index (Phi) is 59.7. The molecule has 0 aliphatic carbocycles. The van der Waals surface area contributed by atoms with Gasteiger partial charge in [-0.3, -0.25) is 14.4 Å². The fourth-order valence-corrected chi connectivity index (χ4v) is 9.24. The first-order valence-electron chi connectivity index (χ1n) is 31.9. The van der Waals surface area contributed by atoms with Crippen molar-refractivity contribution in [1.29, 1.82) is 0 Å². The maximum Gasteiger partial charge on any atom is 0.306 e. The van der Waals surface area contributed by atoms with Crippen molar-refractivity contribution in [2.75, 3.05) is 13.2 Å². The molecule has 6 heteroatoms. The number of carbonyl (C=O) groups excluding carboxylic acids is 3. The molecule has 6 nitrogen and oxygen atoms in total. The summed E-state index contributed by atoms with van der Waals surface area (Å²) in [6, 6.07) is 0. The summed E-state index contributed by atoms with van der Waals surface area (Å²) in [6.07, 6.45) is 80.8. The predicted molar refractivity (Wildman–Crippen MR) is 321 cm³/mol. The lowest BCUT2D eigenvalue weighted by Gasteiger charge is -2.18. The van der Waals surface area contributed by atoms with E-state index in [-0.39, 0.29) is 37.5 Å². The van der Waals surface area contributed by atoms with Crippen molar-refractivity contribution in [1.82, 2.24) is 0 Å². The van der Waals surface area contributed by atoms with E-state index in [1.54, 1.807) is 0 Å². The number of allylic oxidation sites excluding steroid dienone is 12. The van der Waals surface area contributed by atoms with Crippen LogP contribution in [0.4, 0.5) is 0 Å². The van der Waals surface area contributed by atoms with Crippen LogP contribution in [0.25, 0.3) is 0 Å².